The van der Waals surface area contributed by atoms with Crippen molar-refractivity contribution in [2.45, 2.75) is 32.5 Å². The zero-order chi connectivity index (χ0) is 8.85. The summed E-state index contributed by atoms with van der Waals surface area (Å²) in [4.78, 5) is 0. The van der Waals surface area contributed by atoms with E-state index in [1.54, 1.807) is 0 Å². The largest absolute Gasteiger partial charge is 0.400 e. The second-order valence-corrected chi connectivity index (χ2v) is 2.91. The van der Waals surface area contributed by atoms with Crippen LogP contribution in [0.3, 0.4) is 0 Å². The molecule has 0 saturated carbocycles. The average Bonchev–Trinajstić information content (AvgIpc) is 2.02. The Balaban J connectivity index is 0.000000461. The Bertz CT molecular complexity index is 95.3. The molecule has 3 atom stereocenters. The third-order valence-corrected chi connectivity index (χ3v) is 2.00. The summed E-state index contributed by atoms with van der Waals surface area (Å²) >= 11 is 0. The zero-order valence-corrected chi connectivity index (χ0v) is 7.45. The SMILES string of the molecule is CC1CC(O)CO[C@@H]1C.CO. The van der Waals surface area contributed by atoms with Crippen molar-refractivity contribution < 1.29 is 14.9 Å². The molecule has 0 bridgehead atoms. The van der Waals surface area contributed by atoms with Gasteiger partial charge in [-0.05, 0) is 19.3 Å². The molecule has 0 spiro atoms. The number of hydrogen-bond donors (Lipinski definition) is 2. The van der Waals surface area contributed by atoms with Crippen LogP contribution in [0.5, 0.6) is 0 Å². The molecule has 0 amide bonds. The number of ether oxygens (including phenoxy) is 1. The lowest BCUT2D eigenvalue weighted by molar-refractivity contribution is -0.0763. The number of hydrogen-bond acceptors (Lipinski definition) is 3. The second-order valence-electron chi connectivity index (χ2n) is 2.91. The van der Waals surface area contributed by atoms with Gasteiger partial charge < -0.3 is 14.9 Å². The highest BCUT2D eigenvalue weighted by atomic mass is 16.5. The van der Waals surface area contributed by atoms with E-state index in [-0.39, 0.29) is 6.10 Å². The van der Waals surface area contributed by atoms with E-state index < -0.39 is 0 Å². The molecule has 0 radical (unpaired) electrons. The van der Waals surface area contributed by atoms with Gasteiger partial charge in [0.05, 0.1) is 18.8 Å². The minimum Gasteiger partial charge on any atom is -0.400 e. The first kappa shape index (κ1) is 10.9. The van der Waals surface area contributed by atoms with E-state index in [2.05, 4.69) is 13.8 Å². The molecule has 0 aromatic heterocycles. The van der Waals surface area contributed by atoms with Crippen molar-refractivity contribution in [2.24, 2.45) is 5.92 Å². The summed E-state index contributed by atoms with van der Waals surface area (Å²) in [6.45, 7) is 4.68. The van der Waals surface area contributed by atoms with Gasteiger partial charge in [0, 0.05) is 7.11 Å². The fourth-order valence-corrected chi connectivity index (χ4v) is 1.12. The lowest BCUT2D eigenvalue weighted by Gasteiger charge is -2.29. The molecule has 1 fully saturated rings. The monoisotopic (exact) mass is 162 g/mol. The van der Waals surface area contributed by atoms with Gasteiger partial charge in [0.15, 0.2) is 0 Å². The Hall–Kier alpha value is -0.120. The van der Waals surface area contributed by atoms with Crippen molar-refractivity contribution in [1.82, 2.24) is 0 Å². The van der Waals surface area contributed by atoms with Gasteiger partial charge in [-0.3, -0.25) is 0 Å². The first-order valence-electron chi connectivity index (χ1n) is 3.94. The normalized spacial score (nSPS) is 37.4. The van der Waals surface area contributed by atoms with E-state index >= 15 is 0 Å². The summed E-state index contributed by atoms with van der Waals surface area (Å²) in [5.74, 6) is 0.508. The smallest absolute Gasteiger partial charge is 0.0777 e. The van der Waals surface area contributed by atoms with E-state index in [1.807, 2.05) is 0 Å². The predicted octanol–water partition coefficient (Wildman–Crippen LogP) is 0.401. The zero-order valence-electron chi connectivity index (χ0n) is 7.45. The molecule has 3 heteroatoms. The average molecular weight is 162 g/mol. The van der Waals surface area contributed by atoms with Crippen molar-refractivity contribution in [3.63, 3.8) is 0 Å². The minimum atomic E-state index is -0.226. The first-order chi connectivity index (χ1) is 5.20. The molecule has 1 heterocycles. The maximum Gasteiger partial charge on any atom is 0.0777 e. The summed E-state index contributed by atoms with van der Waals surface area (Å²) in [7, 11) is 1.00. The molecule has 1 saturated heterocycles. The number of rotatable bonds is 0. The third-order valence-electron chi connectivity index (χ3n) is 2.00. The summed E-state index contributed by atoms with van der Waals surface area (Å²) in [6.07, 6.45) is 0.992. The van der Waals surface area contributed by atoms with Gasteiger partial charge in [-0.15, -0.1) is 0 Å². The van der Waals surface area contributed by atoms with Crippen LogP contribution >= 0.6 is 0 Å². The van der Waals surface area contributed by atoms with Crippen LogP contribution in [0.25, 0.3) is 0 Å². The Morgan fingerprint density at radius 3 is 2.18 bits per heavy atom. The van der Waals surface area contributed by atoms with Crippen molar-refractivity contribution in [2.75, 3.05) is 13.7 Å². The molecule has 1 rings (SSSR count). The van der Waals surface area contributed by atoms with Crippen LogP contribution in [0.1, 0.15) is 20.3 Å². The maximum atomic E-state index is 9.07. The molecule has 1 aliphatic rings. The van der Waals surface area contributed by atoms with E-state index in [9.17, 15) is 0 Å². The van der Waals surface area contributed by atoms with Gasteiger partial charge in [-0.2, -0.15) is 0 Å². The molecule has 11 heavy (non-hydrogen) atoms. The van der Waals surface area contributed by atoms with Crippen LogP contribution in [0.2, 0.25) is 0 Å². The van der Waals surface area contributed by atoms with Crippen LogP contribution < -0.4 is 0 Å². The quantitative estimate of drug-likeness (QED) is 0.542. The van der Waals surface area contributed by atoms with Gasteiger partial charge in [0.25, 0.3) is 0 Å². The van der Waals surface area contributed by atoms with Crippen molar-refractivity contribution in [1.29, 1.82) is 0 Å². The first-order valence-corrected chi connectivity index (χ1v) is 3.94. The predicted molar refractivity (Wildman–Crippen MR) is 43.3 cm³/mol. The lowest BCUT2D eigenvalue weighted by Crippen LogP contribution is -2.33. The Labute approximate surface area is 68.0 Å². The summed E-state index contributed by atoms with van der Waals surface area (Å²) < 4.78 is 5.25. The highest BCUT2D eigenvalue weighted by Gasteiger charge is 2.22. The van der Waals surface area contributed by atoms with Crippen LogP contribution in [-0.4, -0.2) is 36.1 Å². The molecule has 2 N–H and O–H groups in total. The number of aliphatic hydroxyl groups is 2. The van der Waals surface area contributed by atoms with E-state index in [1.165, 1.54) is 0 Å². The standard InChI is InChI=1S/C7H14O2.CH4O/c1-5-3-7(8)4-9-6(5)2;1-2/h5-8H,3-4H2,1-2H3;2H,1H3/t5?,6-,7?;/m1./s1. The van der Waals surface area contributed by atoms with Crippen LogP contribution in [0.4, 0.5) is 0 Å². The summed E-state index contributed by atoms with van der Waals surface area (Å²) in [6, 6.07) is 0. The van der Waals surface area contributed by atoms with Crippen LogP contribution in [0.15, 0.2) is 0 Å². The molecule has 3 nitrogen and oxygen atoms in total. The summed E-state index contributed by atoms with van der Waals surface area (Å²) in [5.41, 5.74) is 0. The maximum absolute atomic E-state index is 9.07. The van der Waals surface area contributed by atoms with Gasteiger partial charge in [0.1, 0.15) is 0 Å². The van der Waals surface area contributed by atoms with E-state index in [0.717, 1.165) is 13.5 Å². The van der Waals surface area contributed by atoms with E-state index in [4.69, 9.17) is 14.9 Å². The second kappa shape index (κ2) is 5.52. The fourth-order valence-electron chi connectivity index (χ4n) is 1.12. The highest BCUT2D eigenvalue weighted by molar-refractivity contribution is 4.71. The van der Waals surface area contributed by atoms with Gasteiger partial charge in [-0.1, -0.05) is 6.92 Å². The molecule has 0 aromatic rings. The molecular weight excluding hydrogens is 144 g/mol. The van der Waals surface area contributed by atoms with Gasteiger partial charge in [0.2, 0.25) is 0 Å². The minimum absolute atomic E-state index is 0.226. The molecule has 0 aliphatic carbocycles. The summed E-state index contributed by atoms with van der Waals surface area (Å²) in [5, 5.41) is 16.1. The molecule has 1 aliphatic heterocycles. The lowest BCUT2D eigenvalue weighted by atomic mass is 9.96. The Morgan fingerprint density at radius 1 is 1.27 bits per heavy atom. The van der Waals surface area contributed by atoms with Crippen LogP contribution in [0, 0.1) is 5.92 Å². The van der Waals surface area contributed by atoms with Gasteiger partial charge >= 0.3 is 0 Å². The van der Waals surface area contributed by atoms with Crippen molar-refractivity contribution in [3.8, 4) is 0 Å². The van der Waals surface area contributed by atoms with E-state index in [0.29, 0.717) is 18.6 Å². The highest BCUT2D eigenvalue weighted by Crippen LogP contribution is 2.19. The molecule has 0 aromatic carbocycles. The van der Waals surface area contributed by atoms with Gasteiger partial charge in [-0.25, -0.2) is 0 Å². The molecule has 68 valence electrons. The third kappa shape index (κ3) is 3.70. The fraction of sp³-hybridized carbons (Fsp3) is 1.00. The Morgan fingerprint density at radius 2 is 1.82 bits per heavy atom. The Kier molecular flexibility index (Phi) is 5.46. The number of aliphatic hydroxyl groups excluding tert-OH is 2. The molecule has 2 unspecified atom stereocenters. The molecular formula is C8H18O3. The topological polar surface area (TPSA) is 49.7 Å². The van der Waals surface area contributed by atoms with Crippen LogP contribution in [-0.2, 0) is 4.74 Å². The van der Waals surface area contributed by atoms with Crippen molar-refractivity contribution in [3.05, 3.63) is 0 Å². The van der Waals surface area contributed by atoms with Crippen molar-refractivity contribution >= 4 is 0 Å².